The quantitative estimate of drug-likeness (QED) is 0.747. The molecule has 28 heavy (non-hydrogen) atoms. The standard InChI is InChI=1S/C21H23ClFN3O.ClH/c22-18-12-17(4-5-19(18)23)25-21(27)15-7-10-26(11-8-15)13-16-3-1-2-14-6-9-24-20(14)16;/h1-5,12,15,24H,6-11,13H2,(H,25,27);1H. The first kappa shape index (κ1) is 20.9. The van der Waals surface area contributed by atoms with Gasteiger partial charge in [0.2, 0.25) is 5.91 Å². The van der Waals surface area contributed by atoms with E-state index in [0.717, 1.165) is 45.4 Å². The molecule has 4 rings (SSSR count). The Kier molecular flexibility index (Phi) is 6.81. The summed E-state index contributed by atoms with van der Waals surface area (Å²) in [4.78, 5) is 14.9. The van der Waals surface area contributed by atoms with Crippen LogP contribution in [0.25, 0.3) is 0 Å². The molecule has 150 valence electrons. The second-order valence-electron chi connectivity index (χ2n) is 7.30. The highest BCUT2D eigenvalue weighted by molar-refractivity contribution is 6.31. The van der Waals surface area contributed by atoms with Crippen molar-refractivity contribution in [2.24, 2.45) is 5.92 Å². The highest BCUT2D eigenvalue weighted by Crippen LogP contribution is 2.29. The monoisotopic (exact) mass is 423 g/mol. The first-order valence-electron chi connectivity index (χ1n) is 9.43. The molecule has 0 radical (unpaired) electrons. The molecule has 2 N–H and O–H groups in total. The Morgan fingerprint density at radius 2 is 2.04 bits per heavy atom. The molecule has 2 aliphatic heterocycles. The van der Waals surface area contributed by atoms with Crippen molar-refractivity contribution in [3.8, 4) is 0 Å². The fraction of sp³-hybridized carbons (Fsp3) is 0.381. The zero-order valence-corrected chi connectivity index (χ0v) is 17.1. The van der Waals surface area contributed by atoms with Crippen LogP contribution in [0.5, 0.6) is 0 Å². The van der Waals surface area contributed by atoms with Crippen LogP contribution in [0.15, 0.2) is 36.4 Å². The summed E-state index contributed by atoms with van der Waals surface area (Å²) in [6.45, 7) is 3.72. The highest BCUT2D eigenvalue weighted by atomic mass is 35.5. The molecule has 1 amide bonds. The summed E-state index contributed by atoms with van der Waals surface area (Å²) in [6, 6.07) is 10.8. The van der Waals surface area contributed by atoms with E-state index in [4.69, 9.17) is 11.6 Å². The van der Waals surface area contributed by atoms with Crippen molar-refractivity contribution < 1.29 is 9.18 Å². The Morgan fingerprint density at radius 1 is 1.25 bits per heavy atom. The molecular weight excluding hydrogens is 400 g/mol. The van der Waals surface area contributed by atoms with E-state index in [2.05, 4.69) is 33.7 Å². The number of piperidine rings is 1. The lowest BCUT2D eigenvalue weighted by molar-refractivity contribution is -0.121. The summed E-state index contributed by atoms with van der Waals surface area (Å²) in [5.41, 5.74) is 4.58. The van der Waals surface area contributed by atoms with Crippen LogP contribution >= 0.6 is 24.0 Å². The number of benzene rings is 2. The fourth-order valence-corrected chi connectivity index (χ4v) is 4.14. The van der Waals surface area contributed by atoms with Gasteiger partial charge in [-0.25, -0.2) is 4.39 Å². The van der Waals surface area contributed by atoms with Crippen molar-refractivity contribution in [1.82, 2.24) is 4.90 Å². The van der Waals surface area contributed by atoms with Crippen molar-refractivity contribution in [1.29, 1.82) is 0 Å². The van der Waals surface area contributed by atoms with E-state index in [1.165, 1.54) is 35.0 Å². The average molecular weight is 424 g/mol. The number of nitrogens with zero attached hydrogens (tertiary/aromatic N) is 1. The van der Waals surface area contributed by atoms with Gasteiger partial charge in [-0.2, -0.15) is 0 Å². The number of rotatable bonds is 4. The second-order valence-corrected chi connectivity index (χ2v) is 7.70. The maximum atomic E-state index is 13.2. The SMILES string of the molecule is Cl.O=C(Nc1ccc(F)c(Cl)c1)C1CCN(Cc2cccc3c2NCC3)CC1. The summed E-state index contributed by atoms with van der Waals surface area (Å²) in [6.07, 6.45) is 2.74. The Hall–Kier alpha value is -1.82. The molecule has 1 fully saturated rings. The molecule has 0 spiro atoms. The number of amides is 1. The minimum absolute atomic E-state index is 0. The van der Waals surface area contributed by atoms with Gasteiger partial charge in [0.25, 0.3) is 0 Å². The van der Waals surface area contributed by atoms with Gasteiger partial charge in [-0.1, -0.05) is 29.8 Å². The van der Waals surface area contributed by atoms with E-state index in [1.807, 2.05) is 0 Å². The van der Waals surface area contributed by atoms with E-state index in [0.29, 0.717) is 5.69 Å². The van der Waals surface area contributed by atoms with Gasteiger partial charge < -0.3 is 10.6 Å². The zero-order chi connectivity index (χ0) is 18.8. The summed E-state index contributed by atoms with van der Waals surface area (Å²) in [5.74, 6) is -0.519. The van der Waals surface area contributed by atoms with Gasteiger partial charge in [0.15, 0.2) is 0 Å². The molecule has 2 aromatic carbocycles. The lowest BCUT2D eigenvalue weighted by Gasteiger charge is -2.31. The van der Waals surface area contributed by atoms with E-state index in [-0.39, 0.29) is 29.3 Å². The molecule has 0 atom stereocenters. The summed E-state index contributed by atoms with van der Waals surface area (Å²) < 4.78 is 13.2. The van der Waals surface area contributed by atoms with Gasteiger partial charge in [-0.05, 0) is 61.7 Å². The maximum absolute atomic E-state index is 13.2. The second kappa shape index (κ2) is 9.12. The minimum atomic E-state index is -0.482. The van der Waals surface area contributed by atoms with Crippen LogP contribution in [-0.4, -0.2) is 30.4 Å². The summed E-state index contributed by atoms with van der Waals surface area (Å²) >= 11 is 5.78. The predicted octanol–water partition coefficient (Wildman–Crippen LogP) is 4.72. The van der Waals surface area contributed by atoms with E-state index < -0.39 is 5.82 Å². The Morgan fingerprint density at radius 3 is 2.79 bits per heavy atom. The molecule has 0 bridgehead atoms. The number of fused-ring (bicyclic) bond motifs is 1. The molecule has 0 aromatic heterocycles. The van der Waals surface area contributed by atoms with Gasteiger partial charge >= 0.3 is 0 Å². The van der Waals surface area contributed by atoms with E-state index >= 15 is 0 Å². The topological polar surface area (TPSA) is 44.4 Å². The molecular formula is C21H24Cl2FN3O. The highest BCUT2D eigenvalue weighted by Gasteiger charge is 2.26. The number of hydrogen-bond acceptors (Lipinski definition) is 3. The molecule has 2 heterocycles. The molecule has 4 nitrogen and oxygen atoms in total. The lowest BCUT2D eigenvalue weighted by Crippen LogP contribution is -2.37. The van der Waals surface area contributed by atoms with Crippen molar-refractivity contribution >= 4 is 41.3 Å². The number of nitrogens with one attached hydrogen (secondary N) is 2. The number of carbonyl (C=O) groups is 1. The minimum Gasteiger partial charge on any atom is -0.384 e. The molecule has 2 aromatic rings. The fourth-order valence-electron chi connectivity index (χ4n) is 3.96. The third-order valence-electron chi connectivity index (χ3n) is 5.47. The van der Waals surface area contributed by atoms with Gasteiger partial charge in [0.1, 0.15) is 5.82 Å². The number of carbonyl (C=O) groups excluding carboxylic acids is 1. The average Bonchev–Trinajstić information content (AvgIpc) is 3.15. The Labute approximate surface area is 175 Å². The first-order valence-corrected chi connectivity index (χ1v) is 9.81. The van der Waals surface area contributed by atoms with Gasteiger partial charge in [0, 0.05) is 30.4 Å². The first-order chi connectivity index (χ1) is 13.1. The Bertz CT molecular complexity index is 854. The van der Waals surface area contributed by atoms with E-state index in [9.17, 15) is 9.18 Å². The largest absolute Gasteiger partial charge is 0.384 e. The normalized spacial score (nSPS) is 16.8. The third-order valence-corrected chi connectivity index (χ3v) is 5.76. The smallest absolute Gasteiger partial charge is 0.227 e. The number of hydrogen-bond donors (Lipinski definition) is 2. The molecule has 1 saturated heterocycles. The van der Waals surface area contributed by atoms with Crippen molar-refractivity contribution in [2.75, 3.05) is 30.3 Å². The van der Waals surface area contributed by atoms with Crippen molar-refractivity contribution in [2.45, 2.75) is 25.8 Å². The van der Waals surface area contributed by atoms with Crippen molar-refractivity contribution in [3.05, 3.63) is 58.4 Å². The maximum Gasteiger partial charge on any atom is 0.227 e. The molecule has 0 aliphatic carbocycles. The number of halogens is 3. The van der Waals surface area contributed by atoms with Gasteiger partial charge in [0.05, 0.1) is 5.02 Å². The van der Waals surface area contributed by atoms with Crippen LogP contribution in [0.1, 0.15) is 24.0 Å². The summed E-state index contributed by atoms with van der Waals surface area (Å²) in [5, 5.41) is 6.37. The zero-order valence-electron chi connectivity index (χ0n) is 15.5. The summed E-state index contributed by atoms with van der Waals surface area (Å²) in [7, 11) is 0. The number of para-hydroxylation sites is 1. The van der Waals surface area contributed by atoms with Crippen LogP contribution in [-0.2, 0) is 17.8 Å². The van der Waals surface area contributed by atoms with E-state index in [1.54, 1.807) is 0 Å². The third kappa shape index (κ3) is 4.59. The number of likely N-dealkylation sites (tertiary alicyclic amines) is 1. The van der Waals surface area contributed by atoms with Crippen LogP contribution < -0.4 is 10.6 Å². The van der Waals surface area contributed by atoms with Crippen LogP contribution in [0, 0.1) is 11.7 Å². The molecule has 7 heteroatoms. The molecule has 2 aliphatic rings. The Balaban J connectivity index is 0.00000225. The van der Waals surface area contributed by atoms with Gasteiger partial charge in [-0.3, -0.25) is 9.69 Å². The van der Waals surface area contributed by atoms with Gasteiger partial charge in [-0.15, -0.1) is 12.4 Å². The lowest BCUT2D eigenvalue weighted by atomic mass is 9.95. The van der Waals surface area contributed by atoms with Crippen LogP contribution in [0.3, 0.4) is 0 Å². The molecule has 0 saturated carbocycles. The van der Waals surface area contributed by atoms with Crippen LogP contribution in [0.4, 0.5) is 15.8 Å². The van der Waals surface area contributed by atoms with Crippen molar-refractivity contribution in [3.63, 3.8) is 0 Å². The number of anilines is 2. The predicted molar refractivity (Wildman–Crippen MR) is 114 cm³/mol. The van der Waals surface area contributed by atoms with Crippen LogP contribution in [0.2, 0.25) is 5.02 Å². The molecule has 0 unspecified atom stereocenters.